The van der Waals surface area contributed by atoms with Gasteiger partial charge in [-0.05, 0) is 36.5 Å². The van der Waals surface area contributed by atoms with Crippen LogP contribution < -0.4 is 16.0 Å². The van der Waals surface area contributed by atoms with Gasteiger partial charge in [0.15, 0.2) is 11.6 Å². The second kappa shape index (κ2) is 6.57. The Hall–Kier alpha value is -1.13. The molecule has 0 heterocycles. The summed E-state index contributed by atoms with van der Waals surface area (Å²) in [5, 5.41) is 0. The average molecular weight is 240 g/mol. The quantitative estimate of drug-likeness (QED) is 0.592. The Labute approximate surface area is 102 Å². The maximum atomic E-state index is 13.5. The van der Waals surface area contributed by atoms with Crippen molar-refractivity contribution in [1.29, 1.82) is 0 Å². The van der Waals surface area contributed by atoms with E-state index in [-0.39, 0.29) is 17.6 Å². The first-order valence-corrected chi connectivity index (χ1v) is 5.85. The average Bonchev–Trinajstić information content (AvgIpc) is 2.27. The number of hydrazine groups is 1. The van der Waals surface area contributed by atoms with Crippen molar-refractivity contribution < 1.29 is 9.13 Å². The molecule has 3 nitrogen and oxygen atoms in total. The molecule has 0 aliphatic carbocycles. The van der Waals surface area contributed by atoms with Crippen molar-refractivity contribution in [3.63, 3.8) is 0 Å². The van der Waals surface area contributed by atoms with Gasteiger partial charge in [-0.3, -0.25) is 11.3 Å². The standard InChI is InChI=1S/C13H21FN2O/c1-9(2)6-11(16-15)7-10-4-5-13(17-3)12(14)8-10/h4-5,8-9,11,16H,6-7,15H2,1-3H3. The third kappa shape index (κ3) is 4.32. The molecule has 1 rings (SSSR count). The topological polar surface area (TPSA) is 47.3 Å². The lowest BCUT2D eigenvalue weighted by Crippen LogP contribution is -2.37. The lowest BCUT2D eigenvalue weighted by atomic mass is 9.98. The fourth-order valence-corrected chi connectivity index (χ4v) is 1.90. The molecule has 0 aliphatic heterocycles. The minimum absolute atomic E-state index is 0.169. The smallest absolute Gasteiger partial charge is 0.165 e. The van der Waals surface area contributed by atoms with Crippen LogP contribution in [0.5, 0.6) is 5.75 Å². The van der Waals surface area contributed by atoms with Gasteiger partial charge in [-0.2, -0.15) is 0 Å². The number of methoxy groups -OCH3 is 1. The summed E-state index contributed by atoms with van der Waals surface area (Å²) < 4.78 is 18.4. The van der Waals surface area contributed by atoms with Gasteiger partial charge in [0, 0.05) is 6.04 Å². The van der Waals surface area contributed by atoms with E-state index >= 15 is 0 Å². The van der Waals surface area contributed by atoms with Gasteiger partial charge in [-0.15, -0.1) is 0 Å². The molecule has 17 heavy (non-hydrogen) atoms. The molecule has 0 spiro atoms. The Bertz CT molecular complexity index is 355. The molecule has 0 bridgehead atoms. The van der Waals surface area contributed by atoms with Crippen molar-refractivity contribution in [3.05, 3.63) is 29.6 Å². The molecule has 1 aromatic carbocycles. The lowest BCUT2D eigenvalue weighted by Gasteiger charge is -2.18. The van der Waals surface area contributed by atoms with Gasteiger partial charge >= 0.3 is 0 Å². The molecular weight excluding hydrogens is 219 g/mol. The first-order valence-electron chi connectivity index (χ1n) is 5.85. The summed E-state index contributed by atoms with van der Waals surface area (Å²) in [6.45, 7) is 4.28. The van der Waals surface area contributed by atoms with Crippen molar-refractivity contribution in [2.24, 2.45) is 11.8 Å². The second-order valence-electron chi connectivity index (χ2n) is 4.67. The molecule has 0 amide bonds. The van der Waals surface area contributed by atoms with Crippen molar-refractivity contribution in [3.8, 4) is 5.75 Å². The van der Waals surface area contributed by atoms with E-state index in [1.54, 1.807) is 6.07 Å². The highest BCUT2D eigenvalue weighted by Gasteiger charge is 2.11. The van der Waals surface area contributed by atoms with E-state index in [1.165, 1.54) is 13.2 Å². The van der Waals surface area contributed by atoms with Gasteiger partial charge in [-0.1, -0.05) is 19.9 Å². The Kier molecular flexibility index (Phi) is 5.38. The molecule has 0 saturated heterocycles. The molecule has 1 unspecified atom stereocenters. The van der Waals surface area contributed by atoms with Gasteiger partial charge in [0.25, 0.3) is 0 Å². The minimum Gasteiger partial charge on any atom is -0.494 e. The molecule has 0 aromatic heterocycles. The monoisotopic (exact) mass is 240 g/mol. The van der Waals surface area contributed by atoms with Crippen LogP contribution in [0.2, 0.25) is 0 Å². The largest absolute Gasteiger partial charge is 0.494 e. The summed E-state index contributed by atoms with van der Waals surface area (Å²) in [4.78, 5) is 0. The van der Waals surface area contributed by atoms with Crippen LogP contribution in [-0.2, 0) is 6.42 Å². The lowest BCUT2D eigenvalue weighted by molar-refractivity contribution is 0.385. The van der Waals surface area contributed by atoms with Crippen LogP contribution in [0.3, 0.4) is 0 Å². The molecule has 1 atom stereocenters. The highest BCUT2D eigenvalue weighted by atomic mass is 19.1. The van der Waals surface area contributed by atoms with Gasteiger partial charge in [0.2, 0.25) is 0 Å². The SMILES string of the molecule is COc1ccc(CC(CC(C)C)NN)cc1F. The number of hydrogen-bond donors (Lipinski definition) is 2. The third-order valence-corrected chi connectivity index (χ3v) is 2.69. The van der Waals surface area contributed by atoms with E-state index in [0.29, 0.717) is 5.92 Å². The Morgan fingerprint density at radius 3 is 2.59 bits per heavy atom. The fourth-order valence-electron chi connectivity index (χ4n) is 1.90. The van der Waals surface area contributed by atoms with Crippen molar-refractivity contribution >= 4 is 0 Å². The van der Waals surface area contributed by atoms with Crippen LogP contribution in [0, 0.1) is 11.7 Å². The van der Waals surface area contributed by atoms with Crippen molar-refractivity contribution in [1.82, 2.24) is 5.43 Å². The van der Waals surface area contributed by atoms with Crippen LogP contribution in [0.1, 0.15) is 25.8 Å². The van der Waals surface area contributed by atoms with E-state index in [4.69, 9.17) is 10.6 Å². The van der Waals surface area contributed by atoms with Crippen LogP contribution in [0.4, 0.5) is 4.39 Å². The van der Waals surface area contributed by atoms with Crippen LogP contribution in [0.25, 0.3) is 0 Å². The Morgan fingerprint density at radius 2 is 2.12 bits per heavy atom. The predicted molar refractivity (Wildman–Crippen MR) is 67.2 cm³/mol. The highest BCUT2D eigenvalue weighted by molar-refractivity contribution is 5.29. The molecule has 3 N–H and O–H groups in total. The van der Waals surface area contributed by atoms with Gasteiger partial charge in [0.05, 0.1) is 7.11 Å². The van der Waals surface area contributed by atoms with Gasteiger partial charge in [-0.25, -0.2) is 4.39 Å². The van der Waals surface area contributed by atoms with E-state index < -0.39 is 0 Å². The van der Waals surface area contributed by atoms with Gasteiger partial charge < -0.3 is 4.74 Å². The van der Waals surface area contributed by atoms with Crippen molar-refractivity contribution in [2.75, 3.05) is 7.11 Å². The van der Waals surface area contributed by atoms with Crippen LogP contribution in [0.15, 0.2) is 18.2 Å². The van der Waals surface area contributed by atoms with Crippen molar-refractivity contribution in [2.45, 2.75) is 32.7 Å². The molecule has 96 valence electrons. The van der Waals surface area contributed by atoms with E-state index in [0.717, 1.165) is 18.4 Å². The molecule has 0 radical (unpaired) electrons. The Morgan fingerprint density at radius 1 is 1.41 bits per heavy atom. The molecule has 0 fully saturated rings. The zero-order chi connectivity index (χ0) is 12.8. The summed E-state index contributed by atoms with van der Waals surface area (Å²) in [5.74, 6) is 5.99. The number of nitrogens with two attached hydrogens (primary N) is 1. The van der Waals surface area contributed by atoms with E-state index in [1.807, 2.05) is 6.07 Å². The minimum atomic E-state index is -0.328. The Balaban J connectivity index is 2.69. The second-order valence-corrected chi connectivity index (χ2v) is 4.67. The number of nitrogens with one attached hydrogen (secondary N) is 1. The number of ether oxygens (including phenoxy) is 1. The summed E-state index contributed by atoms with van der Waals surface area (Å²) >= 11 is 0. The summed E-state index contributed by atoms with van der Waals surface area (Å²) in [7, 11) is 1.46. The number of halogens is 1. The maximum Gasteiger partial charge on any atom is 0.165 e. The first kappa shape index (κ1) is 13.9. The first-order chi connectivity index (χ1) is 8.06. The molecule has 1 aromatic rings. The van der Waals surface area contributed by atoms with Crippen LogP contribution >= 0.6 is 0 Å². The van der Waals surface area contributed by atoms with E-state index in [2.05, 4.69) is 19.3 Å². The summed E-state index contributed by atoms with van der Waals surface area (Å²) in [6.07, 6.45) is 1.68. The number of benzene rings is 1. The third-order valence-electron chi connectivity index (χ3n) is 2.69. The summed E-state index contributed by atoms with van der Waals surface area (Å²) in [5.41, 5.74) is 3.70. The number of hydrogen-bond acceptors (Lipinski definition) is 3. The fraction of sp³-hybridized carbons (Fsp3) is 0.538. The molecular formula is C13H21FN2O. The molecule has 0 aliphatic rings. The number of rotatable bonds is 6. The van der Waals surface area contributed by atoms with Gasteiger partial charge in [0.1, 0.15) is 0 Å². The maximum absolute atomic E-state index is 13.5. The van der Waals surface area contributed by atoms with E-state index in [9.17, 15) is 4.39 Å². The zero-order valence-electron chi connectivity index (χ0n) is 10.7. The predicted octanol–water partition coefficient (Wildman–Crippen LogP) is 2.25. The zero-order valence-corrected chi connectivity index (χ0v) is 10.7. The normalized spacial score (nSPS) is 12.8. The summed E-state index contributed by atoms with van der Waals surface area (Å²) in [6, 6.07) is 5.19. The van der Waals surface area contributed by atoms with Crippen LogP contribution in [-0.4, -0.2) is 13.2 Å². The molecule has 4 heteroatoms. The molecule has 0 saturated carbocycles. The highest BCUT2D eigenvalue weighted by Crippen LogP contribution is 2.19.